The standard InChI is InChI=1S/C23H20ClNO5/c24-15-7-9-17-16(11-15)21(26)20(14-6-8-18-19(10-14)29-12-28-18)23(30-17)25-22(27)13-4-2-1-3-5-13/h6-11,13H,1-5,12H2,(H,25,27). The molecule has 1 aromatic heterocycles. The number of halogens is 1. The second-order valence-corrected chi connectivity index (χ2v) is 8.10. The first kappa shape index (κ1) is 19.0. The maximum Gasteiger partial charge on any atom is 0.231 e. The van der Waals surface area contributed by atoms with E-state index in [1.807, 2.05) is 0 Å². The van der Waals surface area contributed by atoms with Crippen LogP contribution in [0, 0.1) is 5.92 Å². The molecule has 1 N–H and O–H groups in total. The van der Waals surface area contributed by atoms with Crippen LogP contribution in [-0.2, 0) is 4.79 Å². The first-order chi connectivity index (χ1) is 14.6. The first-order valence-corrected chi connectivity index (χ1v) is 10.5. The summed E-state index contributed by atoms with van der Waals surface area (Å²) in [6.45, 7) is 0.131. The fraction of sp³-hybridized carbons (Fsp3) is 0.304. The van der Waals surface area contributed by atoms with Crippen LogP contribution >= 0.6 is 11.6 Å². The van der Waals surface area contributed by atoms with E-state index in [2.05, 4.69) is 5.32 Å². The first-order valence-electron chi connectivity index (χ1n) is 10.1. The Morgan fingerprint density at radius 2 is 1.80 bits per heavy atom. The van der Waals surface area contributed by atoms with E-state index in [9.17, 15) is 9.59 Å². The molecule has 2 aliphatic rings. The summed E-state index contributed by atoms with van der Waals surface area (Å²) in [6, 6.07) is 10.1. The molecule has 1 aliphatic heterocycles. The molecule has 0 radical (unpaired) electrons. The van der Waals surface area contributed by atoms with Gasteiger partial charge in [0.05, 0.1) is 10.9 Å². The molecule has 0 bridgehead atoms. The fourth-order valence-electron chi connectivity index (χ4n) is 4.15. The van der Waals surface area contributed by atoms with E-state index >= 15 is 0 Å². The number of rotatable bonds is 3. The van der Waals surface area contributed by atoms with E-state index in [0.717, 1.165) is 32.1 Å². The van der Waals surface area contributed by atoms with E-state index < -0.39 is 0 Å². The van der Waals surface area contributed by atoms with Crippen LogP contribution in [0.3, 0.4) is 0 Å². The van der Waals surface area contributed by atoms with E-state index in [4.69, 9.17) is 25.5 Å². The van der Waals surface area contributed by atoms with Crippen molar-refractivity contribution in [2.45, 2.75) is 32.1 Å². The topological polar surface area (TPSA) is 77.8 Å². The third-order valence-corrected chi connectivity index (χ3v) is 5.96. The maximum atomic E-state index is 13.4. The van der Waals surface area contributed by atoms with Crippen LogP contribution < -0.4 is 20.2 Å². The number of ether oxygens (including phenoxy) is 2. The van der Waals surface area contributed by atoms with Crippen molar-refractivity contribution in [3.8, 4) is 22.6 Å². The third-order valence-electron chi connectivity index (χ3n) is 5.73. The van der Waals surface area contributed by atoms with Crippen LogP contribution in [0.1, 0.15) is 32.1 Å². The molecule has 1 fully saturated rings. The predicted octanol–water partition coefficient (Wildman–Crippen LogP) is 5.36. The summed E-state index contributed by atoms with van der Waals surface area (Å²) >= 11 is 6.10. The number of benzene rings is 2. The van der Waals surface area contributed by atoms with Crippen molar-refractivity contribution in [3.63, 3.8) is 0 Å². The van der Waals surface area contributed by atoms with Crippen molar-refractivity contribution < 1.29 is 18.7 Å². The van der Waals surface area contributed by atoms with Gasteiger partial charge in [0.2, 0.25) is 24.0 Å². The number of fused-ring (bicyclic) bond motifs is 2. The minimum absolute atomic E-state index is 0.0745. The number of hydrogen-bond donors (Lipinski definition) is 1. The van der Waals surface area contributed by atoms with Gasteiger partial charge in [0, 0.05) is 10.9 Å². The highest BCUT2D eigenvalue weighted by Gasteiger charge is 2.25. The highest BCUT2D eigenvalue weighted by Crippen LogP contribution is 2.38. The molecule has 3 aromatic rings. The Labute approximate surface area is 177 Å². The lowest BCUT2D eigenvalue weighted by Gasteiger charge is -2.21. The fourth-order valence-corrected chi connectivity index (χ4v) is 4.32. The van der Waals surface area contributed by atoms with Crippen molar-refractivity contribution in [1.29, 1.82) is 0 Å². The lowest BCUT2D eigenvalue weighted by atomic mass is 9.88. The maximum absolute atomic E-state index is 13.4. The zero-order valence-corrected chi connectivity index (χ0v) is 17.0. The molecule has 2 heterocycles. The van der Waals surface area contributed by atoms with E-state index in [-0.39, 0.29) is 35.5 Å². The molecule has 0 atom stereocenters. The molecule has 0 spiro atoms. The quantitative estimate of drug-likeness (QED) is 0.611. The molecule has 1 amide bonds. The van der Waals surface area contributed by atoms with Gasteiger partial charge in [-0.1, -0.05) is 36.9 Å². The number of anilines is 1. The highest BCUT2D eigenvalue weighted by atomic mass is 35.5. The average Bonchev–Trinajstić information content (AvgIpc) is 3.23. The van der Waals surface area contributed by atoms with Gasteiger partial charge in [-0.3, -0.25) is 14.9 Å². The van der Waals surface area contributed by atoms with Gasteiger partial charge in [-0.2, -0.15) is 0 Å². The number of amides is 1. The van der Waals surface area contributed by atoms with E-state index in [1.165, 1.54) is 0 Å². The van der Waals surface area contributed by atoms with Gasteiger partial charge in [-0.25, -0.2) is 0 Å². The Morgan fingerprint density at radius 1 is 1.00 bits per heavy atom. The molecular weight excluding hydrogens is 406 g/mol. The minimum Gasteiger partial charge on any atom is -0.454 e. The molecule has 2 aromatic carbocycles. The summed E-state index contributed by atoms with van der Waals surface area (Å²) in [7, 11) is 0. The lowest BCUT2D eigenvalue weighted by molar-refractivity contribution is -0.120. The summed E-state index contributed by atoms with van der Waals surface area (Å²) in [5.74, 6) is 1.11. The molecule has 0 saturated heterocycles. The second-order valence-electron chi connectivity index (χ2n) is 7.67. The minimum atomic E-state index is -0.267. The van der Waals surface area contributed by atoms with Crippen molar-refractivity contribution in [3.05, 3.63) is 51.6 Å². The average molecular weight is 426 g/mol. The molecular formula is C23H20ClNO5. The van der Waals surface area contributed by atoms with Gasteiger partial charge in [0.15, 0.2) is 11.5 Å². The van der Waals surface area contributed by atoms with E-state index in [1.54, 1.807) is 36.4 Å². The summed E-state index contributed by atoms with van der Waals surface area (Å²) in [5.41, 5.74) is 0.949. The van der Waals surface area contributed by atoms with Crippen molar-refractivity contribution in [1.82, 2.24) is 0 Å². The SMILES string of the molecule is O=C(Nc1oc2ccc(Cl)cc2c(=O)c1-c1ccc2c(c1)OCO2)C1CCCCC1. The summed E-state index contributed by atoms with van der Waals surface area (Å²) in [4.78, 5) is 26.3. The molecule has 5 rings (SSSR count). The molecule has 6 nitrogen and oxygen atoms in total. The summed E-state index contributed by atoms with van der Waals surface area (Å²) in [5, 5.41) is 3.67. The molecule has 1 aliphatic carbocycles. The van der Waals surface area contributed by atoms with Crippen LogP contribution in [0.15, 0.2) is 45.6 Å². The van der Waals surface area contributed by atoms with Gasteiger partial charge < -0.3 is 13.9 Å². The molecule has 0 unspecified atom stereocenters. The van der Waals surface area contributed by atoms with Gasteiger partial charge in [-0.15, -0.1) is 0 Å². The lowest BCUT2D eigenvalue weighted by Crippen LogP contribution is -2.26. The van der Waals surface area contributed by atoms with Crippen LogP contribution in [-0.4, -0.2) is 12.7 Å². The van der Waals surface area contributed by atoms with Gasteiger partial charge in [-0.05, 0) is 48.7 Å². The Balaban J connectivity index is 1.64. The predicted molar refractivity (Wildman–Crippen MR) is 114 cm³/mol. The van der Waals surface area contributed by atoms with Crippen LogP contribution in [0.5, 0.6) is 11.5 Å². The normalized spacial score (nSPS) is 16.0. The Hall–Kier alpha value is -2.99. The highest BCUT2D eigenvalue weighted by molar-refractivity contribution is 6.31. The summed E-state index contributed by atoms with van der Waals surface area (Å²) < 4.78 is 16.8. The molecule has 7 heteroatoms. The van der Waals surface area contributed by atoms with Gasteiger partial charge >= 0.3 is 0 Å². The Bertz CT molecular complexity index is 1200. The zero-order valence-electron chi connectivity index (χ0n) is 16.2. The molecule has 30 heavy (non-hydrogen) atoms. The number of hydrogen-bond acceptors (Lipinski definition) is 5. The zero-order chi connectivity index (χ0) is 20.7. The Morgan fingerprint density at radius 3 is 2.63 bits per heavy atom. The third kappa shape index (κ3) is 3.41. The van der Waals surface area contributed by atoms with Crippen molar-refractivity contribution >= 4 is 34.4 Å². The molecule has 1 saturated carbocycles. The van der Waals surface area contributed by atoms with Gasteiger partial charge in [0.1, 0.15) is 5.58 Å². The number of nitrogens with one attached hydrogen (secondary N) is 1. The number of carbonyl (C=O) groups is 1. The van der Waals surface area contributed by atoms with Crippen molar-refractivity contribution in [2.75, 3.05) is 12.1 Å². The second kappa shape index (κ2) is 7.69. The molecule has 154 valence electrons. The van der Waals surface area contributed by atoms with Crippen molar-refractivity contribution in [2.24, 2.45) is 5.92 Å². The number of carbonyl (C=O) groups excluding carboxylic acids is 1. The van der Waals surface area contributed by atoms with E-state index in [0.29, 0.717) is 33.1 Å². The largest absolute Gasteiger partial charge is 0.454 e. The Kier molecular flexibility index (Phi) is 4.87. The monoisotopic (exact) mass is 425 g/mol. The van der Waals surface area contributed by atoms with Crippen LogP contribution in [0.2, 0.25) is 5.02 Å². The van der Waals surface area contributed by atoms with Crippen LogP contribution in [0.25, 0.3) is 22.1 Å². The smallest absolute Gasteiger partial charge is 0.231 e. The van der Waals surface area contributed by atoms with Gasteiger partial charge in [0.25, 0.3) is 0 Å². The summed E-state index contributed by atoms with van der Waals surface area (Å²) in [6.07, 6.45) is 4.91. The van der Waals surface area contributed by atoms with Crippen LogP contribution in [0.4, 0.5) is 5.88 Å².